The summed E-state index contributed by atoms with van der Waals surface area (Å²) in [5.41, 5.74) is 4.49. The number of rotatable bonds is 9. The molecule has 0 radical (unpaired) electrons. The van der Waals surface area contributed by atoms with Crippen molar-refractivity contribution in [1.29, 1.82) is 0 Å². The average molecular weight is 634 g/mol. The first-order chi connectivity index (χ1) is 19.8. The van der Waals surface area contributed by atoms with Crippen LogP contribution in [-0.4, -0.2) is 50.2 Å². The second-order valence-corrected chi connectivity index (χ2v) is 11.4. The molecule has 1 aromatic heterocycles. The Kier molecular flexibility index (Phi) is 8.84. The quantitative estimate of drug-likeness (QED) is 0.251. The van der Waals surface area contributed by atoms with E-state index in [0.29, 0.717) is 28.7 Å². The molecular formula is C30H29BrN6O3S. The standard InChI is InChI=1S/C30H29BrN6O3S/c1-19-8-10-21(11-9-19)25-16-24(20-12-14-22(31)15-13-20)35-37(25)28(38)18-41-30-34-33-27(36(30)2)17-32-29(39)23-6-4-5-7-26(23)40-3/h4-15,25H,16-18H2,1-3H3,(H,32,39)/t25-/m1/s1. The normalized spacial score (nSPS) is 14.6. The van der Waals surface area contributed by atoms with Gasteiger partial charge in [-0.25, -0.2) is 5.01 Å². The monoisotopic (exact) mass is 632 g/mol. The molecule has 9 nitrogen and oxygen atoms in total. The molecule has 210 valence electrons. The maximum Gasteiger partial charge on any atom is 0.255 e. The molecule has 0 saturated carbocycles. The highest BCUT2D eigenvalue weighted by atomic mass is 79.9. The average Bonchev–Trinajstić information content (AvgIpc) is 3.59. The van der Waals surface area contributed by atoms with Gasteiger partial charge in [0.2, 0.25) is 0 Å². The lowest BCUT2D eigenvalue weighted by Crippen LogP contribution is -2.28. The molecule has 4 aromatic rings. The smallest absolute Gasteiger partial charge is 0.255 e. The van der Waals surface area contributed by atoms with Gasteiger partial charge < -0.3 is 14.6 Å². The van der Waals surface area contributed by atoms with Crippen LogP contribution in [0, 0.1) is 6.92 Å². The topological polar surface area (TPSA) is 102 Å². The number of ether oxygens (including phenoxy) is 1. The highest BCUT2D eigenvalue weighted by Crippen LogP contribution is 2.34. The number of aryl methyl sites for hydroxylation is 1. The molecule has 0 saturated heterocycles. The number of hydrogen-bond acceptors (Lipinski definition) is 7. The fourth-order valence-corrected chi connectivity index (χ4v) is 5.56. The lowest BCUT2D eigenvalue weighted by Gasteiger charge is -2.22. The number of hydrogen-bond donors (Lipinski definition) is 1. The molecule has 5 rings (SSSR count). The van der Waals surface area contributed by atoms with E-state index in [9.17, 15) is 9.59 Å². The minimum absolute atomic E-state index is 0.123. The summed E-state index contributed by atoms with van der Waals surface area (Å²) in [6, 6.07) is 23.0. The number of nitrogens with zero attached hydrogens (tertiary/aromatic N) is 5. The molecule has 1 aliphatic heterocycles. The van der Waals surface area contributed by atoms with Crippen molar-refractivity contribution in [2.75, 3.05) is 12.9 Å². The number of aromatic nitrogens is 3. The molecule has 1 atom stereocenters. The lowest BCUT2D eigenvalue weighted by atomic mass is 9.98. The molecule has 2 amide bonds. The molecule has 3 aromatic carbocycles. The van der Waals surface area contributed by atoms with Crippen LogP contribution in [0.3, 0.4) is 0 Å². The fourth-order valence-electron chi connectivity index (χ4n) is 4.51. The maximum atomic E-state index is 13.5. The van der Waals surface area contributed by atoms with Crippen molar-refractivity contribution >= 4 is 45.2 Å². The molecule has 1 N–H and O–H groups in total. The van der Waals surface area contributed by atoms with Crippen molar-refractivity contribution in [3.05, 3.63) is 105 Å². The zero-order chi connectivity index (χ0) is 28.9. The molecule has 0 bridgehead atoms. The highest BCUT2D eigenvalue weighted by Gasteiger charge is 2.33. The number of carbonyl (C=O) groups is 2. The van der Waals surface area contributed by atoms with Crippen molar-refractivity contribution in [1.82, 2.24) is 25.1 Å². The zero-order valence-corrected chi connectivity index (χ0v) is 25.3. The Morgan fingerprint density at radius 2 is 1.78 bits per heavy atom. The molecule has 1 aliphatic rings. The third-order valence-corrected chi connectivity index (χ3v) is 8.35. The van der Waals surface area contributed by atoms with Crippen molar-refractivity contribution in [3.63, 3.8) is 0 Å². The van der Waals surface area contributed by atoms with Crippen molar-refractivity contribution < 1.29 is 14.3 Å². The summed E-state index contributed by atoms with van der Waals surface area (Å²) < 4.78 is 8.04. The molecule has 11 heteroatoms. The number of thioether (sulfide) groups is 1. The van der Waals surface area contributed by atoms with E-state index in [2.05, 4.69) is 55.7 Å². The summed E-state index contributed by atoms with van der Waals surface area (Å²) in [4.78, 5) is 26.2. The predicted octanol–water partition coefficient (Wildman–Crippen LogP) is 5.29. The van der Waals surface area contributed by atoms with E-state index in [1.807, 2.05) is 38.2 Å². The van der Waals surface area contributed by atoms with Gasteiger partial charge in [-0.2, -0.15) is 5.10 Å². The Balaban J connectivity index is 1.27. The zero-order valence-electron chi connectivity index (χ0n) is 22.9. The summed E-state index contributed by atoms with van der Waals surface area (Å²) >= 11 is 4.77. The molecule has 2 heterocycles. The van der Waals surface area contributed by atoms with Crippen LogP contribution in [0.1, 0.15) is 45.3 Å². The first-order valence-electron chi connectivity index (χ1n) is 13.0. The van der Waals surface area contributed by atoms with Crippen LogP contribution in [0.5, 0.6) is 5.75 Å². The van der Waals surface area contributed by atoms with Gasteiger partial charge in [0.25, 0.3) is 11.8 Å². The molecular weight excluding hydrogens is 604 g/mol. The highest BCUT2D eigenvalue weighted by molar-refractivity contribution is 9.10. The van der Waals surface area contributed by atoms with Gasteiger partial charge >= 0.3 is 0 Å². The largest absolute Gasteiger partial charge is 0.496 e. The number of carbonyl (C=O) groups excluding carboxylic acids is 2. The second kappa shape index (κ2) is 12.7. The van der Waals surface area contributed by atoms with E-state index in [4.69, 9.17) is 9.84 Å². The van der Waals surface area contributed by atoms with Crippen LogP contribution in [0.15, 0.2) is 87.5 Å². The van der Waals surface area contributed by atoms with Crippen LogP contribution in [0.25, 0.3) is 0 Å². The SMILES string of the molecule is COc1ccccc1C(=O)NCc1nnc(SCC(=O)N2N=C(c3ccc(Br)cc3)C[C@@H]2c2ccc(C)cc2)n1C. The second-order valence-electron chi connectivity index (χ2n) is 9.55. The van der Waals surface area contributed by atoms with Crippen LogP contribution in [-0.2, 0) is 18.4 Å². The van der Waals surface area contributed by atoms with E-state index in [1.165, 1.54) is 18.9 Å². The van der Waals surface area contributed by atoms with Crippen LogP contribution < -0.4 is 10.1 Å². The van der Waals surface area contributed by atoms with Gasteiger partial charge in [-0.15, -0.1) is 10.2 Å². The molecule has 0 unspecified atom stereocenters. The van der Waals surface area contributed by atoms with E-state index in [0.717, 1.165) is 26.9 Å². The van der Waals surface area contributed by atoms with E-state index >= 15 is 0 Å². The molecule has 0 fully saturated rings. The Labute approximate surface area is 251 Å². The summed E-state index contributed by atoms with van der Waals surface area (Å²) in [5, 5.41) is 18.3. The number of methoxy groups -OCH3 is 1. The van der Waals surface area contributed by atoms with Gasteiger partial charge in [0.15, 0.2) is 11.0 Å². The molecule has 0 aliphatic carbocycles. The number of nitrogens with one attached hydrogen (secondary N) is 1. The van der Waals surface area contributed by atoms with Gasteiger partial charge in [0.1, 0.15) is 5.75 Å². The van der Waals surface area contributed by atoms with Crippen molar-refractivity contribution in [3.8, 4) is 5.75 Å². The van der Waals surface area contributed by atoms with E-state index < -0.39 is 0 Å². The molecule has 41 heavy (non-hydrogen) atoms. The minimum atomic E-state index is -0.273. The summed E-state index contributed by atoms with van der Waals surface area (Å²) in [6.07, 6.45) is 0.626. The third kappa shape index (κ3) is 6.52. The van der Waals surface area contributed by atoms with E-state index in [1.54, 1.807) is 33.8 Å². The fraction of sp³-hybridized carbons (Fsp3) is 0.233. The Hall–Kier alpha value is -3.96. The third-order valence-electron chi connectivity index (χ3n) is 6.81. The van der Waals surface area contributed by atoms with Gasteiger partial charge in [-0.05, 0) is 42.3 Å². The van der Waals surface area contributed by atoms with Crippen LogP contribution in [0.2, 0.25) is 0 Å². The number of amides is 2. The van der Waals surface area contributed by atoms with Crippen molar-refractivity contribution in [2.24, 2.45) is 12.1 Å². The predicted molar refractivity (Wildman–Crippen MR) is 162 cm³/mol. The first kappa shape index (κ1) is 28.6. The maximum absolute atomic E-state index is 13.5. The Morgan fingerprint density at radius 1 is 1.05 bits per heavy atom. The van der Waals surface area contributed by atoms with Gasteiger partial charge in [0, 0.05) is 17.9 Å². The minimum Gasteiger partial charge on any atom is -0.496 e. The number of para-hydroxylation sites is 1. The first-order valence-corrected chi connectivity index (χ1v) is 14.8. The Bertz CT molecular complexity index is 1590. The summed E-state index contributed by atoms with van der Waals surface area (Å²) in [6.45, 7) is 2.22. The van der Waals surface area contributed by atoms with Gasteiger partial charge in [-0.1, -0.05) is 81.8 Å². The van der Waals surface area contributed by atoms with E-state index in [-0.39, 0.29) is 30.2 Å². The number of benzene rings is 3. The van der Waals surface area contributed by atoms with Crippen LogP contribution in [0.4, 0.5) is 0 Å². The van der Waals surface area contributed by atoms with Gasteiger partial charge in [-0.3, -0.25) is 9.59 Å². The van der Waals surface area contributed by atoms with Crippen molar-refractivity contribution in [2.45, 2.75) is 31.1 Å². The number of halogens is 1. The Morgan fingerprint density at radius 3 is 2.51 bits per heavy atom. The number of hydrazone groups is 1. The van der Waals surface area contributed by atoms with Gasteiger partial charge in [0.05, 0.1) is 36.7 Å². The molecule has 0 spiro atoms. The summed E-state index contributed by atoms with van der Waals surface area (Å²) in [5.74, 6) is 0.804. The van der Waals surface area contributed by atoms with Crippen LogP contribution >= 0.6 is 27.7 Å². The summed E-state index contributed by atoms with van der Waals surface area (Å²) in [7, 11) is 3.34. The lowest BCUT2D eigenvalue weighted by molar-refractivity contribution is -0.130.